The largest absolute Gasteiger partial charge is 0.506 e. The lowest BCUT2D eigenvalue weighted by atomic mass is 9.95. The summed E-state index contributed by atoms with van der Waals surface area (Å²) in [6, 6.07) is 14.4. The second-order valence-electron chi connectivity index (χ2n) is 6.82. The van der Waals surface area contributed by atoms with Crippen LogP contribution >= 0.6 is 27.5 Å². The molecule has 1 aliphatic rings. The Morgan fingerprint density at radius 2 is 1.83 bits per heavy atom. The number of ether oxygens (including phenoxy) is 1. The lowest BCUT2D eigenvalue weighted by Crippen LogP contribution is -2.02. The number of aliphatic hydroxyl groups is 1. The number of hydrogen-bond donors (Lipinski definition) is 1. The highest BCUT2D eigenvalue weighted by Gasteiger charge is 2.37. The Kier molecular flexibility index (Phi) is 4.19. The molecule has 6 heteroatoms. The van der Waals surface area contributed by atoms with Gasteiger partial charge in [0, 0.05) is 4.47 Å². The smallest absolute Gasteiger partial charge is 0.202 e. The van der Waals surface area contributed by atoms with Crippen LogP contribution in [0.5, 0.6) is 11.5 Å². The minimum absolute atomic E-state index is 0.0483. The number of hydrogen-bond acceptors (Lipinski definition) is 4. The predicted molar refractivity (Wildman–Crippen MR) is 116 cm³/mol. The zero-order chi connectivity index (χ0) is 20.3. The second kappa shape index (κ2) is 6.65. The van der Waals surface area contributed by atoms with Crippen LogP contribution in [-0.2, 0) is 6.42 Å². The van der Waals surface area contributed by atoms with Crippen LogP contribution in [0.25, 0.3) is 22.5 Å². The van der Waals surface area contributed by atoms with Gasteiger partial charge in [-0.1, -0.05) is 40.5 Å². The molecule has 0 radical (unpaired) electrons. The van der Waals surface area contributed by atoms with Crippen molar-refractivity contribution in [1.29, 1.82) is 0 Å². The molecule has 0 atom stereocenters. The van der Waals surface area contributed by atoms with Crippen LogP contribution in [-0.4, -0.2) is 10.9 Å². The first-order chi connectivity index (χ1) is 14.0. The normalized spacial score (nSPS) is 13.6. The van der Waals surface area contributed by atoms with Gasteiger partial charge in [0.25, 0.3) is 0 Å². The number of halogens is 2. The summed E-state index contributed by atoms with van der Waals surface area (Å²) in [5.41, 5.74) is 3.78. The number of carbonyl (C=O) groups excluding carboxylic acids is 1. The molecule has 0 saturated heterocycles. The minimum Gasteiger partial charge on any atom is -0.506 e. The Balaban J connectivity index is 1.61. The predicted octanol–water partition coefficient (Wildman–Crippen LogP) is 7.26. The fourth-order valence-electron chi connectivity index (χ4n) is 3.77. The van der Waals surface area contributed by atoms with Gasteiger partial charge in [-0.15, -0.1) is 0 Å². The minimum atomic E-state index is -0.236. The fraction of sp³-hybridized carbons (Fsp3) is 0.0870. The molecule has 2 bridgehead atoms. The monoisotopic (exact) mass is 468 g/mol. The van der Waals surface area contributed by atoms with Gasteiger partial charge >= 0.3 is 0 Å². The standard InChI is InChI=1S/C23H14BrClO4/c1-2-11-3-5-13(28-16-6-4-12(24)9-15(16)25)10-14(11)19-22(26)20-17-7-8-18(29-17)21(20)23(19)27/h3-10,26H,2H2,1H3. The summed E-state index contributed by atoms with van der Waals surface area (Å²) in [4.78, 5) is 13.1. The van der Waals surface area contributed by atoms with Crippen LogP contribution in [0.15, 0.2) is 57.4 Å². The van der Waals surface area contributed by atoms with E-state index in [2.05, 4.69) is 15.9 Å². The van der Waals surface area contributed by atoms with Gasteiger partial charge in [-0.3, -0.25) is 4.79 Å². The van der Waals surface area contributed by atoms with E-state index >= 15 is 0 Å². The van der Waals surface area contributed by atoms with Crippen molar-refractivity contribution in [3.8, 4) is 11.5 Å². The average Bonchev–Trinajstić information content (AvgIpc) is 3.38. The van der Waals surface area contributed by atoms with Crippen molar-refractivity contribution in [2.24, 2.45) is 0 Å². The summed E-state index contributed by atoms with van der Waals surface area (Å²) in [6.07, 6.45) is 0.700. The van der Waals surface area contributed by atoms with Gasteiger partial charge in [0.1, 0.15) is 28.4 Å². The molecule has 1 N–H and O–H groups in total. The van der Waals surface area contributed by atoms with Crippen molar-refractivity contribution in [3.63, 3.8) is 0 Å². The van der Waals surface area contributed by atoms with E-state index in [1.165, 1.54) is 0 Å². The van der Waals surface area contributed by atoms with Gasteiger partial charge in [-0.25, -0.2) is 0 Å². The molecule has 0 unspecified atom stereocenters. The molecule has 5 rings (SSSR count). The molecular formula is C23H14BrClO4. The Bertz CT molecular complexity index is 1320. The summed E-state index contributed by atoms with van der Waals surface area (Å²) >= 11 is 9.64. The molecule has 0 amide bonds. The highest BCUT2D eigenvalue weighted by molar-refractivity contribution is 9.10. The lowest BCUT2D eigenvalue weighted by Gasteiger charge is -2.13. The van der Waals surface area contributed by atoms with Crippen molar-refractivity contribution in [2.75, 3.05) is 0 Å². The molecular weight excluding hydrogens is 456 g/mol. The molecule has 0 fully saturated rings. The van der Waals surface area contributed by atoms with Gasteiger partial charge in [0.05, 0.1) is 21.7 Å². The molecule has 0 saturated carbocycles. The molecule has 29 heavy (non-hydrogen) atoms. The van der Waals surface area contributed by atoms with Crippen molar-refractivity contribution >= 4 is 55.8 Å². The molecule has 144 valence electrons. The van der Waals surface area contributed by atoms with E-state index in [1.54, 1.807) is 30.3 Å². The number of ketones is 1. The van der Waals surface area contributed by atoms with Crippen molar-refractivity contribution in [1.82, 2.24) is 0 Å². The third-order valence-electron chi connectivity index (χ3n) is 5.13. The third-order valence-corrected chi connectivity index (χ3v) is 5.92. The lowest BCUT2D eigenvalue weighted by molar-refractivity contribution is 0.106. The summed E-state index contributed by atoms with van der Waals surface area (Å²) in [6.45, 7) is 2.00. The third kappa shape index (κ3) is 2.76. The van der Waals surface area contributed by atoms with E-state index in [1.807, 2.05) is 25.1 Å². The van der Waals surface area contributed by atoms with Gasteiger partial charge in [0.15, 0.2) is 0 Å². The molecule has 2 aromatic heterocycles. The van der Waals surface area contributed by atoms with Gasteiger partial charge in [0.2, 0.25) is 5.78 Å². The van der Waals surface area contributed by atoms with Gasteiger partial charge < -0.3 is 14.3 Å². The van der Waals surface area contributed by atoms with Crippen molar-refractivity contribution in [2.45, 2.75) is 13.3 Å². The summed E-state index contributed by atoms with van der Waals surface area (Å²) in [5.74, 6) is 0.746. The molecule has 4 nitrogen and oxygen atoms in total. The van der Waals surface area contributed by atoms with E-state index in [9.17, 15) is 9.90 Å². The maximum atomic E-state index is 13.1. The number of furan rings is 2. The number of benzene rings is 3. The molecule has 2 aromatic carbocycles. The van der Waals surface area contributed by atoms with E-state index in [0.717, 1.165) is 10.0 Å². The number of Topliss-reactive ketones (excluding diaryl/α,β-unsaturated/α-hetero) is 1. The van der Waals surface area contributed by atoms with Gasteiger partial charge in [-0.2, -0.15) is 0 Å². The molecule has 4 aromatic rings. The first-order valence-corrected chi connectivity index (χ1v) is 10.2. The number of aryl methyl sites for hydroxylation is 1. The highest BCUT2D eigenvalue weighted by Crippen LogP contribution is 2.45. The average molecular weight is 470 g/mol. The maximum Gasteiger partial charge on any atom is 0.202 e. The number of allylic oxidation sites excluding steroid dienone is 1. The summed E-state index contributed by atoms with van der Waals surface area (Å²) in [5, 5.41) is 11.3. The quantitative estimate of drug-likeness (QED) is 0.341. The van der Waals surface area contributed by atoms with E-state index in [4.69, 9.17) is 20.8 Å². The van der Waals surface area contributed by atoms with E-state index in [-0.39, 0.29) is 17.1 Å². The number of carbonyl (C=O) groups is 1. The van der Waals surface area contributed by atoms with Crippen LogP contribution in [0, 0.1) is 0 Å². The fourth-order valence-corrected chi connectivity index (χ4v) is 4.48. The SMILES string of the molecule is CCc1ccc(Oc2ccc(Br)cc2Cl)cc1C1=C(O)c2c(c3ccc2o3)C1=O. The van der Waals surface area contributed by atoms with Crippen molar-refractivity contribution in [3.05, 3.63) is 80.3 Å². The maximum absolute atomic E-state index is 13.1. The highest BCUT2D eigenvalue weighted by atomic mass is 79.9. The van der Waals surface area contributed by atoms with Crippen LogP contribution < -0.4 is 4.74 Å². The Morgan fingerprint density at radius 3 is 2.52 bits per heavy atom. The van der Waals surface area contributed by atoms with Crippen LogP contribution in [0.3, 0.4) is 0 Å². The Labute approximate surface area is 179 Å². The van der Waals surface area contributed by atoms with Crippen LogP contribution in [0.4, 0.5) is 0 Å². The summed E-state index contributed by atoms with van der Waals surface area (Å²) in [7, 11) is 0. The van der Waals surface area contributed by atoms with Crippen LogP contribution in [0.2, 0.25) is 5.02 Å². The number of fused-ring (bicyclic) bond motifs is 5. The number of aliphatic hydroxyl groups excluding tert-OH is 1. The Morgan fingerprint density at radius 1 is 1.07 bits per heavy atom. The number of rotatable bonds is 4. The van der Waals surface area contributed by atoms with E-state index in [0.29, 0.717) is 50.8 Å². The van der Waals surface area contributed by atoms with Crippen LogP contribution in [0.1, 0.15) is 34.0 Å². The topological polar surface area (TPSA) is 59.7 Å². The Hall–Kier alpha value is -2.76. The summed E-state index contributed by atoms with van der Waals surface area (Å²) < 4.78 is 12.3. The molecule has 2 heterocycles. The zero-order valence-corrected chi connectivity index (χ0v) is 17.6. The first-order valence-electron chi connectivity index (χ1n) is 9.07. The van der Waals surface area contributed by atoms with Crippen molar-refractivity contribution < 1.29 is 19.1 Å². The molecule has 0 aliphatic heterocycles. The van der Waals surface area contributed by atoms with Gasteiger partial charge in [-0.05, 0) is 60.0 Å². The molecule has 1 aliphatic carbocycles. The zero-order valence-electron chi connectivity index (χ0n) is 15.3. The molecule has 0 spiro atoms. The van der Waals surface area contributed by atoms with E-state index < -0.39 is 0 Å². The second-order valence-corrected chi connectivity index (χ2v) is 8.14. The first kappa shape index (κ1) is 18.3.